The third-order valence-corrected chi connectivity index (χ3v) is 3.56. The smallest absolute Gasteiger partial charge is 0.422 e. The number of benzene rings is 1. The van der Waals surface area contributed by atoms with Crippen LogP contribution in [0.2, 0.25) is 0 Å². The van der Waals surface area contributed by atoms with Gasteiger partial charge in [-0.05, 0) is 54.1 Å². The second kappa shape index (κ2) is 3.88. The summed E-state index contributed by atoms with van der Waals surface area (Å²) in [7, 11) is -0.995. The van der Waals surface area contributed by atoms with Crippen molar-refractivity contribution >= 4 is 12.6 Å². The molecule has 0 amide bonds. The molecule has 3 N–H and O–H groups in total. The molecule has 0 radical (unpaired) electrons. The summed E-state index contributed by atoms with van der Waals surface area (Å²) in [6.07, 6.45) is 5.19. The van der Waals surface area contributed by atoms with Crippen LogP contribution in [-0.2, 0) is 4.76 Å². The largest absolute Gasteiger partial charge is 0.508 e. The van der Waals surface area contributed by atoms with Gasteiger partial charge in [0.15, 0.2) is 0 Å². The zero-order chi connectivity index (χ0) is 11.1. The average molecular weight is 217 g/mol. The van der Waals surface area contributed by atoms with Gasteiger partial charge in [0, 0.05) is 0 Å². The predicted molar refractivity (Wildman–Crippen MR) is 63.3 cm³/mol. The zero-order valence-electron chi connectivity index (χ0n) is 9.23. The van der Waals surface area contributed by atoms with Crippen molar-refractivity contribution in [2.24, 2.45) is 5.90 Å². The molecule has 0 spiro atoms. The second-order valence-corrected chi connectivity index (χ2v) is 4.93. The summed E-state index contributed by atoms with van der Waals surface area (Å²) in [6, 6.07) is 6.14. The first-order valence-electron chi connectivity index (χ1n) is 5.97. The van der Waals surface area contributed by atoms with Gasteiger partial charge in [-0.15, -0.1) is 0 Å². The summed E-state index contributed by atoms with van der Waals surface area (Å²) in [5.41, 5.74) is 3.67. The zero-order valence-corrected chi connectivity index (χ0v) is 9.23. The van der Waals surface area contributed by atoms with E-state index < -0.39 is 7.12 Å². The van der Waals surface area contributed by atoms with E-state index in [1.165, 1.54) is 36.8 Å². The van der Waals surface area contributed by atoms with Crippen molar-refractivity contribution in [1.82, 2.24) is 0 Å². The van der Waals surface area contributed by atoms with Crippen LogP contribution in [0.5, 0.6) is 0 Å². The van der Waals surface area contributed by atoms with E-state index in [0.29, 0.717) is 5.92 Å². The minimum atomic E-state index is -0.995. The Bertz CT molecular complexity index is 402. The van der Waals surface area contributed by atoms with Crippen molar-refractivity contribution in [2.75, 3.05) is 0 Å². The highest BCUT2D eigenvalue weighted by molar-refractivity contribution is 6.59. The fraction of sp³-hybridized carbons (Fsp3) is 0.500. The van der Waals surface area contributed by atoms with Gasteiger partial charge in [-0.2, -0.15) is 0 Å². The number of hydrogen-bond donors (Lipinski definition) is 2. The van der Waals surface area contributed by atoms with Gasteiger partial charge in [-0.1, -0.05) is 18.2 Å². The maximum absolute atomic E-state index is 9.55. The lowest BCUT2D eigenvalue weighted by Gasteiger charge is -2.11. The average Bonchev–Trinajstić information content (AvgIpc) is 3.20. The number of hydrogen-bond acceptors (Lipinski definition) is 3. The van der Waals surface area contributed by atoms with E-state index in [4.69, 9.17) is 5.90 Å². The molecular formula is C12H16BNO2. The van der Waals surface area contributed by atoms with E-state index in [2.05, 4.69) is 16.9 Å². The van der Waals surface area contributed by atoms with E-state index in [9.17, 15) is 5.02 Å². The SMILES string of the molecule is NOB(O)c1ccc(C2CC2)c(C2CC2)c1. The molecule has 3 nitrogen and oxygen atoms in total. The van der Waals surface area contributed by atoms with Crippen molar-refractivity contribution in [2.45, 2.75) is 37.5 Å². The molecule has 16 heavy (non-hydrogen) atoms. The Balaban J connectivity index is 1.95. The summed E-state index contributed by atoms with van der Waals surface area (Å²) in [5, 5.41) is 9.55. The van der Waals surface area contributed by atoms with E-state index in [1.54, 1.807) is 0 Å². The standard InChI is InChI=1S/C12H16BNO2/c14-16-13(15)10-5-6-11(8-1-2-8)12(7-10)9-3-4-9/h5-9,15H,1-4,14H2. The Labute approximate surface area is 95.7 Å². The molecule has 0 heterocycles. The highest BCUT2D eigenvalue weighted by atomic mass is 16.6. The molecule has 2 fully saturated rings. The molecule has 0 atom stereocenters. The van der Waals surface area contributed by atoms with Gasteiger partial charge in [0.25, 0.3) is 0 Å². The summed E-state index contributed by atoms with van der Waals surface area (Å²) < 4.78 is 4.46. The minimum absolute atomic E-state index is 0.709. The molecule has 0 saturated heterocycles. The van der Waals surface area contributed by atoms with Crippen LogP contribution in [-0.4, -0.2) is 12.1 Å². The van der Waals surface area contributed by atoms with Gasteiger partial charge in [-0.3, -0.25) is 0 Å². The molecular weight excluding hydrogens is 201 g/mol. The molecule has 1 aromatic rings. The van der Waals surface area contributed by atoms with Crippen molar-refractivity contribution in [3.63, 3.8) is 0 Å². The first-order valence-corrected chi connectivity index (χ1v) is 5.97. The first kappa shape index (κ1) is 10.3. The van der Waals surface area contributed by atoms with E-state index in [-0.39, 0.29) is 0 Å². The minimum Gasteiger partial charge on any atom is -0.422 e. The molecule has 0 aromatic heterocycles. The number of rotatable bonds is 4. The highest BCUT2D eigenvalue weighted by Gasteiger charge is 2.33. The van der Waals surface area contributed by atoms with Gasteiger partial charge in [0.1, 0.15) is 0 Å². The van der Waals surface area contributed by atoms with E-state index >= 15 is 0 Å². The van der Waals surface area contributed by atoms with Gasteiger partial charge >= 0.3 is 7.12 Å². The summed E-state index contributed by atoms with van der Waals surface area (Å²) in [4.78, 5) is 0. The maximum atomic E-state index is 9.55. The molecule has 2 aliphatic carbocycles. The van der Waals surface area contributed by atoms with Crippen LogP contribution in [0, 0.1) is 0 Å². The Morgan fingerprint density at radius 3 is 2.31 bits per heavy atom. The van der Waals surface area contributed by atoms with Crippen molar-refractivity contribution in [3.8, 4) is 0 Å². The van der Waals surface area contributed by atoms with Crippen LogP contribution >= 0.6 is 0 Å². The van der Waals surface area contributed by atoms with Crippen LogP contribution < -0.4 is 11.4 Å². The van der Waals surface area contributed by atoms with Crippen LogP contribution in [0.15, 0.2) is 18.2 Å². The lowest BCUT2D eigenvalue weighted by atomic mass is 9.77. The van der Waals surface area contributed by atoms with Crippen molar-refractivity contribution < 1.29 is 9.78 Å². The topological polar surface area (TPSA) is 55.5 Å². The lowest BCUT2D eigenvalue weighted by molar-refractivity contribution is 0.281. The third-order valence-electron chi connectivity index (χ3n) is 3.56. The summed E-state index contributed by atoms with van der Waals surface area (Å²) in [5.74, 6) is 6.48. The fourth-order valence-corrected chi connectivity index (χ4v) is 2.34. The summed E-state index contributed by atoms with van der Waals surface area (Å²) >= 11 is 0. The van der Waals surface area contributed by atoms with Crippen molar-refractivity contribution in [1.29, 1.82) is 0 Å². The number of nitrogens with two attached hydrogens (primary N) is 1. The Hall–Kier alpha value is -0.835. The molecule has 0 unspecified atom stereocenters. The van der Waals surface area contributed by atoms with Gasteiger partial charge in [0.2, 0.25) is 0 Å². The monoisotopic (exact) mass is 217 g/mol. The molecule has 84 valence electrons. The fourth-order valence-electron chi connectivity index (χ4n) is 2.34. The van der Waals surface area contributed by atoms with E-state index in [0.717, 1.165) is 11.4 Å². The predicted octanol–water partition coefficient (Wildman–Crippen LogP) is 1.02. The van der Waals surface area contributed by atoms with Crippen LogP contribution in [0.4, 0.5) is 0 Å². The van der Waals surface area contributed by atoms with E-state index in [1.807, 2.05) is 6.07 Å². The van der Waals surface area contributed by atoms with Crippen LogP contribution in [0.3, 0.4) is 0 Å². The van der Waals surface area contributed by atoms with Crippen molar-refractivity contribution in [3.05, 3.63) is 29.3 Å². The molecule has 3 rings (SSSR count). The first-order chi connectivity index (χ1) is 7.79. The summed E-state index contributed by atoms with van der Waals surface area (Å²) in [6.45, 7) is 0. The molecule has 4 heteroatoms. The maximum Gasteiger partial charge on any atom is 0.508 e. The third kappa shape index (κ3) is 1.88. The molecule has 1 aromatic carbocycles. The second-order valence-electron chi connectivity index (χ2n) is 4.93. The van der Waals surface area contributed by atoms with Crippen LogP contribution in [0.25, 0.3) is 0 Å². The Kier molecular flexibility index (Phi) is 2.50. The molecule has 0 aliphatic heterocycles. The highest BCUT2D eigenvalue weighted by Crippen LogP contribution is 2.48. The Morgan fingerprint density at radius 1 is 1.12 bits per heavy atom. The molecule has 2 saturated carbocycles. The van der Waals surface area contributed by atoms with Gasteiger partial charge < -0.3 is 9.78 Å². The van der Waals surface area contributed by atoms with Gasteiger partial charge in [0.05, 0.1) is 0 Å². The molecule has 0 bridgehead atoms. The normalized spacial score (nSPS) is 19.9. The lowest BCUT2D eigenvalue weighted by Crippen LogP contribution is -2.36. The van der Waals surface area contributed by atoms with Crippen LogP contribution in [0.1, 0.15) is 48.6 Å². The quantitative estimate of drug-likeness (QED) is 0.584. The molecule has 2 aliphatic rings. The van der Waals surface area contributed by atoms with Gasteiger partial charge in [-0.25, -0.2) is 5.90 Å². The Morgan fingerprint density at radius 2 is 1.75 bits per heavy atom.